The highest BCUT2D eigenvalue weighted by Crippen LogP contribution is 2.32. The molecule has 0 bridgehead atoms. The predicted octanol–water partition coefficient (Wildman–Crippen LogP) is 2.95. The van der Waals surface area contributed by atoms with Crippen LogP contribution in [0.1, 0.15) is 36.1 Å². The molecular weight excluding hydrogens is 558 g/mol. The first-order valence-corrected chi connectivity index (χ1v) is 14.7. The summed E-state index contributed by atoms with van der Waals surface area (Å²) in [5.74, 6) is -0.898. The van der Waals surface area contributed by atoms with Crippen molar-refractivity contribution >= 4 is 29.1 Å². The minimum absolute atomic E-state index is 0.161. The van der Waals surface area contributed by atoms with Crippen molar-refractivity contribution in [1.29, 1.82) is 0 Å². The van der Waals surface area contributed by atoms with Gasteiger partial charge in [0.1, 0.15) is 23.9 Å². The van der Waals surface area contributed by atoms with Gasteiger partial charge in [0.2, 0.25) is 17.7 Å². The quantitative estimate of drug-likeness (QED) is 0.261. The smallest absolute Gasteiger partial charge is 0.248 e. The Labute approximate surface area is 257 Å². The molecule has 3 N–H and O–H groups in total. The molecule has 0 aromatic heterocycles. The fraction of sp³-hybridized carbons (Fsp3) is 0.314. The summed E-state index contributed by atoms with van der Waals surface area (Å²) in [5.41, 5.74) is 5.27. The molecule has 5 rings (SSSR count). The number of methoxy groups -OCH3 is 1. The summed E-state index contributed by atoms with van der Waals surface area (Å²) >= 11 is 0. The Morgan fingerprint density at radius 2 is 1.43 bits per heavy atom. The van der Waals surface area contributed by atoms with Crippen LogP contribution in [-0.4, -0.2) is 61.5 Å². The number of ketones is 1. The van der Waals surface area contributed by atoms with Gasteiger partial charge in [0.15, 0.2) is 5.78 Å². The highest BCUT2D eigenvalue weighted by Gasteiger charge is 2.38. The van der Waals surface area contributed by atoms with Crippen molar-refractivity contribution in [3.8, 4) is 5.75 Å². The molecule has 1 heterocycles. The average Bonchev–Trinajstić information content (AvgIpc) is 3.83. The summed E-state index contributed by atoms with van der Waals surface area (Å²) in [6, 6.07) is 21.7. The average molecular weight is 596 g/mol. The van der Waals surface area contributed by atoms with Gasteiger partial charge in [-0.25, -0.2) is 0 Å². The van der Waals surface area contributed by atoms with E-state index in [0.717, 1.165) is 27.8 Å². The maximum Gasteiger partial charge on any atom is 0.248 e. The fourth-order valence-corrected chi connectivity index (χ4v) is 5.41. The van der Waals surface area contributed by atoms with Gasteiger partial charge >= 0.3 is 0 Å². The van der Waals surface area contributed by atoms with Crippen molar-refractivity contribution < 1.29 is 28.7 Å². The molecule has 3 aromatic rings. The Kier molecular flexibility index (Phi) is 9.55. The lowest BCUT2D eigenvalue weighted by molar-refractivity contribution is -0.133. The first kappa shape index (κ1) is 30.7. The monoisotopic (exact) mass is 595 g/mol. The number of amides is 3. The molecule has 0 radical (unpaired) electrons. The number of ether oxygens (including phenoxy) is 2. The van der Waals surface area contributed by atoms with Crippen LogP contribution in [0.15, 0.2) is 84.4 Å². The van der Waals surface area contributed by atoms with E-state index in [2.05, 4.69) is 16.0 Å². The van der Waals surface area contributed by atoms with Gasteiger partial charge in [-0.15, -0.1) is 0 Å². The Hall–Kier alpha value is -4.76. The fourth-order valence-electron chi connectivity index (χ4n) is 5.41. The molecule has 4 atom stereocenters. The maximum atomic E-state index is 13.7. The number of hydrogen-bond donors (Lipinski definition) is 3. The van der Waals surface area contributed by atoms with Gasteiger partial charge in [0.25, 0.3) is 0 Å². The van der Waals surface area contributed by atoms with Crippen molar-refractivity contribution in [2.24, 2.45) is 0 Å². The number of allylic oxidation sites excluding steroid dienone is 1. The SMILES string of the molecule is COc1ccc(C[C@H](NC(=O)[C@@H](C)NC(=O)C2=C(C)c3ccccc3C2)C(=O)N[C@@H](Cc2ccccc2)C(=O)[C@H]2CO2)cc1. The van der Waals surface area contributed by atoms with Gasteiger partial charge < -0.3 is 25.4 Å². The number of nitrogens with one attached hydrogen (secondary N) is 3. The molecule has 1 saturated heterocycles. The normalized spacial score (nSPS) is 17.1. The van der Waals surface area contributed by atoms with Crippen LogP contribution in [-0.2, 0) is 43.2 Å². The molecule has 3 amide bonds. The highest BCUT2D eigenvalue weighted by molar-refractivity contribution is 6.05. The molecule has 228 valence electrons. The van der Waals surface area contributed by atoms with Crippen molar-refractivity contribution in [2.45, 2.75) is 57.3 Å². The summed E-state index contributed by atoms with van der Waals surface area (Å²) in [7, 11) is 1.57. The summed E-state index contributed by atoms with van der Waals surface area (Å²) in [6.45, 7) is 3.81. The van der Waals surface area contributed by atoms with Crippen LogP contribution >= 0.6 is 0 Å². The molecule has 1 aliphatic carbocycles. The Morgan fingerprint density at radius 3 is 2.09 bits per heavy atom. The zero-order valence-corrected chi connectivity index (χ0v) is 25.1. The second-order valence-corrected chi connectivity index (χ2v) is 11.2. The van der Waals surface area contributed by atoms with Crippen molar-refractivity contribution in [2.75, 3.05) is 13.7 Å². The lowest BCUT2D eigenvalue weighted by Crippen LogP contribution is -2.56. The van der Waals surface area contributed by atoms with E-state index < -0.39 is 36.0 Å². The first-order valence-electron chi connectivity index (χ1n) is 14.7. The Morgan fingerprint density at radius 1 is 0.818 bits per heavy atom. The maximum absolute atomic E-state index is 13.7. The van der Waals surface area contributed by atoms with E-state index in [4.69, 9.17) is 9.47 Å². The predicted molar refractivity (Wildman–Crippen MR) is 166 cm³/mol. The summed E-state index contributed by atoms with van der Waals surface area (Å²) in [6.07, 6.45) is 0.395. The number of fused-ring (bicyclic) bond motifs is 1. The molecule has 0 saturated carbocycles. The number of carbonyl (C=O) groups excluding carboxylic acids is 4. The van der Waals surface area contributed by atoms with Crippen LogP contribution in [0.5, 0.6) is 5.75 Å². The molecule has 1 aliphatic heterocycles. The van der Waals surface area contributed by atoms with Crippen LogP contribution < -0.4 is 20.7 Å². The molecule has 3 aromatic carbocycles. The zero-order chi connectivity index (χ0) is 31.2. The Bertz CT molecular complexity index is 1560. The first-order chi connectivity index (χ1) is 21.2. The third-order valence-corrected chi connectivity index (χ3v) is 8.08. The molecule has 2 aliphatic rings. The van der Waals surface area contributed by atoms with E-state index >= 15 is 0 Å². The van der Waals surface area contributed by atoms with Crippen LogP contribution in [0.3, 0.4) is 0 Å². The zero-order valence-electron chi connectivity index (χ0n) is 25.1. The molecule has 0 unspecified atom stereocenters. The number of rotatable bonds is 13. The summed E-state index contributed by atoms with van der Waals surface area (Å²) < 4.78 is 10.5. The van der Waals surface area contributed by atoms with Crippen LogP contribution in [0.25, 0.3) is 5.57 Å². The third kappa shape index (κ3) is 7.41. The van der Waals surface area contributed by atoms with Gasteiger partial charge in [-0.3, -0.25) is 19.2 Å². The largest absolute Gasteiger partial charge is 0.497 e. The second-order valence-electron chi connectivity index (χ2n) is 11.2. The summed E-state index contributed by atoms with van der Waals surface area (Å²) in [5, 5.41) is 8.49. The molecule has 0 spiro atoms. The number of carbonyl (C=O) groups is 4. The van der Waals surface area contributed by atoms with Gasteiger partial charge in [-0.05, 0) is 60.2 Å². The molecule has 44 heavy (non-hydrogen) atoms. The van der Waals surface area contributed by atoms with Crippen LogP contribution in [0, 0.1) is 0 Å². The molecular formula is C35H37N3O6. The lowest BCUT2D eigenvalue weighted by Gasteiger charge is -2.24. The van der Waals surface area contributed by atoms with E-state index in [0.29, 0.717) is 24.4 Å². The van der Waals surface area contributed by atoms with E-state index in [1.165, 1.54) is 0 Å². The number of hydrogen-bond acceptors (Lipinski definition) is 6. The third-order valence-electron chi connectivity index (χ3n) is 8.08. The highest BCUT2D eigenvalue weighted by atomic mass is 16.6. The number of epoxide rings is 1. The number of benzene rings is 3. The van der Waals surface area contributed by atoms with E-state index in [1.807, 2.05) is 73.7 Å². The van der Waals surface area contributed by atoms with Gasteiger partial charge in [0, 0.05) is 18.4 Å². The lowest BCUT2D eigenvalue weighted by atomic mass is 9.99. The van der Waals surface area contributed by atoms with Gasteiger partial charge in [0.05, 0.1) is 19.8 Å². The molecule has 1 fully saturated rings. The van der Waals surface area contributed by atoms with Crippen molar-refractivity contribution in [1.82, 2.24) is 16.0 Å². The van der Waals surface area contributed by atoms with Gasteiger partial charge in [-0.1, -0.05) is 66.7 Å². The van der Waals surface area contributed by atoms with E-state index in [1.54, 1.807) is 26.2 Å². The van der Waals surface area contributed by atoms with E-state index in [9.17, 15) is 19.2 Å². The minimum atomic E-state index is -1.02. The van der Waals surface area contributed by atoms with Crippen LogP contribution in [0.2, 0.25) is 0 Å². The molecule has 9 nitrogen and oxygen atoms in total. The summed E-state index contributed by atoms with van der Waals surface area (Å²) in [4.78, 5) is 53.4. The standard InChI is InChI=1S/C35H37N3O6/c1-21-27-12-8-7-11-25(27)19-28(21)34(41)36-22(2)33(40)38-30(18-24-13-15-26(43-3)16-14-24)35(42)37-29(32(39)31-20-44-31)17-23-9-5-4-6-10-23/h4-16,22,29-31H,17-20H2,1-3H3,(H,36,41)(H,37,42)(H,38,40)/t22-,29+,30+,31-/m1/s1. The molecule has 9 heteroatoms. The Balaban J connectivity index is 1.30. The number of Topliss-reactive ketones (excluding diaryl/α,β-unsaturated/α-hetero) is 1. The van der Waals surface area contributed by atoms with Crippen LogP contribution in [0.4, 0.5) is 0 Å². The van der Waals surface area contributed by atoms with Crippen molar-refractivity contribution in [3.05, 3.63) is 107 Å². The van der Waals surface area contributed by atoms with Gasteiger partial charge in [-0.2, -0.15) is 0 Å². The topological polar surface area (TPSA) is 126 Å². The van der Waals surface area contributed by atoms with Crippen molar-refractivity contribution in [3.63, 3.8) is 0 Å². The second kappa shape index (κ2) is 13.7. The minimum Gasteiger partial charge on any atom is -0.497 e. The van der Waals surface area contributed by atoms with E-state index in [-0.39, 0.29) is 24.5 Å².